The van der Waals surface area contributed by atoms with E-state index in [9.17, 15) is 9.90 Å². The fourth-order valence-corrected chi connectivity index (χ4v) is 2.68. The van der Waals surface area contributed by atoms with Gasteiger partial charge in [-0.2, -0.15) is 0 Å². The van der Waals surface area contributed by atoms with Gasteiger partial charge in [0.1, 0.15) is 5.82 Å². The second kappa shape index (κ2) is 5.75. The molecule has 0 radical (unpaired) electrons. The molecule has 2 rings (SSSR count). The zero-order valence-electron chi connectivity index (χ0n) is 10.7. The predicted octanol–water partition coefficient (Wildman–Crippen LogP) is 2.17. The Hall–Kier alpha value is -1.33. The van der Waals surface area contributed by atoms with Gasteiger partial charge in [0.2, 0.25) is 0 Å². The van der Waals surface area contributed by atoms with Crippen molar-refractivity contribution in [3.8, 4) is 0 Å². The van der Waals surface area contributed by atoms with Crippen LogP contribution in [-0.2, 0) is 0 Å². The number of aliphatic hydroxyl groups is 1. The number of carboxylic acid groups (broad SMARTS) is 1. The van der Waals surface area contributed by atoms with Crippen molar-refractivity contribution < 1.29 is 15.0 Å². The van der Waals surface area contributed by atoms with Crippen LogP contribution in [-0.4, -0.2) is 40.4 Å². The fourth-order valence-electron chi connectivity index (χ4n) is 2.50. The molecule has 0 saturated heterocycles. The summed E-state index contributed by atoms with van der Waals surface area (Å²) in [5, 5.41) is 19.2. The second-order valence-corrected chi connectivity index (χ2v) is 5.26. The van der Waals surface area contributed by atoms with Crippen molar-refractivity contribution in [2.75, 3.05) is 11.9 Å². The van der Waals surface area contributed by atoms with E-state index in [1.54, 1.807) is 0 Å². The van der Waals surface area contributed by atoms with Crippen molar-refractivity contribution in [3.63, 3.8) is 0 Å². The SMILES string of the molecule is CN(c1cc(C(=O)O)c(Cl)cn1)C1CCCCC1O. The summed E-state index contributed by atoms with van der Waals surface area (Å²) in [5.41, 5.74) is 0.0313. The predicted molar refractivity (Wildman–Crippen MR) is 72.9 cm³/mol. The average molecular weight is 285 g/mol. The smallest absolute Gasteiger partial charge is 0.337 e. The van der Waals surface area contributed by atoms with Crippen LogP contribution in [0.4, 0.5) is 5.82 Å². The standard InChI is InChI=1S/C13H17ClN2O3/c1-16(10-4-2-3-5-11(10)17)12-6-8(13(18)19)9(14)7-15-12/h6-7,10-11,17H,2-5H2,1H3,(H,18,19). The number of pyridine rings is 1. The molecule has 2 N–H and O–H groups in total. The molecule has 2 unspecified atom stereocenters. The van der Waals surface area contributed by atoms with Crippen molar-refractivity contribution in [2.45, 2.75) is 37.8 Å². The van der Waals surface area contributed by atoms with E-state index >= 15 is 0 Å². The summed E-state index contributed by atoms with van der Waals surface area (Å²) in [6.07, 6.45) is 4.68. The highest BCUT2D eigenvalue weighted by Crippen LogP contribution is 2.27. The van der Waals surface area contributed by atoms with E-state index in [2.05, 4.69) is 4.98 Å². The topological polar surface area (TPSA) is 73.7 Å². The van der Waals surface area contributed by atoms with Gasteiger partial charge in [-0.15, -0.1) is 0 Å². The summed E-state index contributed by atoms with van der Waals surface area (Å²) in [6, 6.07) is 1.43. The lowest BCUT2D eigenvalue weighted by molar-refractivity contribution is 0.0697. The van der Waals surface area contributed by atoms with E-state index in [1.807, 2.05) is 11.9 Å². The quantitative estimate of drug-likeness (QED) is 0.890. The first-order valence-corrected chi connectivity index (χ1v) is 6.68. The molecule has 0 spiro atoms. The number of anilines is 1. The molecule has 19 heavy (non-hydrogen) atoms. The van der Waals surface area contributed by atoms with Crippen LogP contribution in [0, 0.1) is 0 Å². The van der Waals surface area contributed by atoms with Crippen LogP contribution in [0.25, 0.3) is 0 Å². The Bertz CT molecular complexity index is 481. The van der Waals surface area contributed by atoms with Crippen LogP contribution in [0.3, 0.4) is 0 Å². The number of aromatic nitrogens is 1. The Balaban J connectivity index is 2.25. The van der Waals surface area contributed by atoms with Gasteiger partial charge in [-0.1, -0.05) is 24.4 Å². The first-order valence-electron chi connectivity index (χ1n) is 6.30. The molecule has 1 aliphatic rings. The lowest BCUT2D eigenvalue weighted by Gasteiger charge is -2.36. The van der Waals surface area contributed by atoms with Crippen LogP contribution in [0.15, 0.2) is 12.3 Å². The molecule has 1 aromatic heterocycles. The maximum absolute atomic E-state index is 11.1. The molecule has 0 amide bonds. The summed E-state index contributed by atoms with van der Waals surface area (Å²) in [5.74, 6) is -0.556. The third-order valence-corrected chi connectivity index (χ3v) is 3.93. The van der Waals surface area contributed by atoms with Crippen LogP contribution in [0.5, 0.6) is 0 Å². The highest BCUT2D eigenvalue weighted by molar-refractivity contribution is 6.33. The van der Waals surface area contributed by atoms with E-state index in [0.29, 0.717) is 5.82 Å². The van der Waals surface area contributed by atoms with Crippen molar-refractivity contribution in [2.24, 2.45) is 0 Å². The lowest BCUT2D eigenvalue weighted by Crippen LogP contribution is -2.43. The number of aliphatic hydroxyl groups excluding tert-OH is 1. The van der Waals surface area contributed by atoms with Gasteiger partial charge in [-0.3, -0.25) is 0 Å². The molecule has 1 heterocycles. The Morgan fingerprint density at radius 1 is 1.47 bits per heavy atom. The summed E-state index contributed by atoms with van der Waals surface area (Å²) in [7, 11) is 1.82. The summed E-state index contributed by atoms with van der Waals surface area (Å²) >= 11 is 5.80. The lowest BCUT2D eigenvalue weighted by atomic mass is 9.91. The molecular formula is C13H17ClN2O3. The van der Waals surface area contributed by atoms with Crippen molar-refractivity contribution in [1.82, 2.24) is 4.98 Å². The van der Waals surface area contributed by atoms with Gasteiger partial charge in [0.25, 0.3) is 0 Å². The van der Waals surface area contributed by atoms with Gasteiger partial charge in [-0.05, 0) is 18.9 Å². The van der Waals surface area contributed by atoms with Gasteiger partial charge in [0.15, 0.2) is 0 Å². The van der Waals surface area contributed by atoms with Gasteiger partial charge < -0.3 is 15.1 Å². The van der Waals surface area contributed by atoms with Gasteiger partial charge >= 0.3 is 5.97 Å². The highest BCUT2D eigenvalue weighted by atomic mass is 35.5. The molecule has 104 valence electrons. The minimum atomic E-state index is -1.08. The van der Waals surface area contributed by atoms with Crippen molar-refractivity contribution >= 4 is 23.4 Å². The van der Waals surface area contributed by atoms with Crippen LogP contribution >= 0.6 is 11.6 Å². The largest absolute Gasteiger partial charge is 0.478 e. The molecule has 0 aliphatic heterocycles. The first-order chi connectivity index (χ1) is 9.00. The van der Waals surface area contributed by atoms with Crippen LogP contribution < -0.4 is 4.90 Å². The van der Waals surface area contributed by atoms with E-state index in [0.717, 1.165) is 25.7 Å². The number of hydrogen-bond acceptors (Lipinski definition) is 4. The number of carboxylic acids is 1. The Morgan fingerprint density at radius 3 is 2.79 bits per heavy atom. The molecule has 0 aromatic carbocycles. The van der Waals surface area contributed by atoms with Gasteiger partial charge in [-0.25, -0.2) is 9.78 Å². The summed E-state index contributed by atoms with van der Waals surface area (Å²) in [4.78, 5) is 17.0. The summed E-state index contributed by atoms with van der Waals surface area (Å²) < 4.78 is 0. The number of halogens is 1. The zero-order valence-corrected chi connectivity index (χ0v) is 11.5. The van der Waals surface area contributed by atoms with E-state index in [-0.39, 0.29) is 16.6 Å². The molecule has 2 atom stereocenters. The third kappa shape index (κ3) is 2.98. The van der Waals surface area contributed by atoms with E-state index < -0.39 is 12.1 Å². The number of likely N-dealkylation sites (N-methyl/N-ethyl adjacent to an activating group) is 1. The Labute approximate surface area is 116 Å². The number of nitrogens with zero attached hydrogens (tertiary/aromatic N) is 2. The molecule has 6 heteroatoms. The number of carbonyl (C=O) groups is 1. The number of hydrogen-bond donors (Lipinski definition) is 2. The number of rotatable bonds is 3. The van der Waals surface area contributed by atoms with Crippen molar-refractivity contribution in [1.29, 1.82) is 0 Å². The van der Waals surface area contributed by atoms with E-state index in [1.165, 1.54) is 12.3 Å². The van der Waals surface area contributed by atoms with E-state index in [4.69, 9.17) is 16.7 Å². The zero-order chi connectivity index (χ0) is 14.0. The number of aromatic carboxylic acids is 1. The minimum absolute atomic E-state index is 0.0240. The van der Waals surface area contributed by atoms with Crippen LogP contribution in [0.2, 0.25) is 5.02 Å². The Morgan fingerprint density at radius 2 is 2.16 bits per heavy atom. The maximum Gasteiger partial charge on any atom is 0.337 e. The van der Waals surface area contributed by atoms with Crippen molar-refractivity contribution in [3.05, 3.63) is 22.8 Å². The van der Waals surface area contributed by atoms with Crippen LogP contribution in [0.1, 0.15) is 36.0 Å². The normalized spacial score (nSPS) is 23.1. The molecule has 5 nitrogen and oxygen atoms in total. The minimum Gasteiger partial charge on any atom is -0.478 e. The van der Waals surface area contributed by atoms with Gasteiger partial charge in [0.05, 0.1) is 22.7 Å². The molecule has 1 aliphatic carbocycles. The monoisotopic (exact) mass is 284 g/mol. The molecule has 1 fully saturated rings. The maximum atomic E-state index is 11.1. The molecule has 1 saturated carbocycles. The first kappa shape index (κ1) is 14.1. The fraction of sp³-hybridized carbons (Fsp3) is 0.538. The molecular weight excluding hydrogens is 268 g/mol. The van der Waals surface area contributed by atoms with Gasteiger partial charge in [0, 0.05) is 13.2 Å². The average Bonchev–Trinajstić information content (AvgIpc) is 2.38. The second-order valence-electron chi connectivity index (χ2n) is 4.86. The molecule has 1 aromatic rings. The highest BCUT2D eigenvalue weighted by Gasteiger charge is 2.28. The molecule has 0 bridgehead atoms. The third-order valence-electron chi connectivity index (χ3n) is 3.62. The summed E-state index contributed by atoms with van der Waals surface area (Å²) in [6.45, 7) is 0. The Kier molecular flexibility index (Phi) is 4.27.